The number of likely N-dealkylation sites (tertiary alicyclic amines) is 1. The Morgan fingerprint density at radius 3 is 2.67 bits per heavy atom. The summed E-state index contributed by atoms with van der Waals surface area (Å²) in [6, 6.07) is 7.61. The lowest BCUT2D eigenvalue weighted by molar-refractivity contribution is -0.119. The number of anilines is 1. The SMILES string of the molecule is NC(=O)CN1CCC(NC(=O)Nc2sc3ccccc3c2Cl)CC1. The Bertz CT molecular complexity index is 756. The van der Waals surface area contributed by atoms with Gasteiger partial charge in [-0.1, -0.05) is 29.8 Å². The zero-order valence-electron chi connectivity index (χ0n) is 13.0. The number of benzene rings is 1. The van der Waals surface area contributed by atoms with Gasteiger partial charge < -0.3 is 11.1 Å². The molecule has 6 nitrogen and oxygen atoms in total. The van der Waals surface area contributed by atoms with E-state index in [1.54, 1.807) is 0 Å². The smallest absolute Gasteiger partial charge is 0.320 e. The number of fused-ring (bicyclic) bond motifs is 1. The molecule has 0 spiro atoms. The van der Waals surface area contributed by atoms with Crippen molar-refractivity contribution in [2.75, 3.05) is 25.0 Å². The number of piperidine rings is 1. The van der Waals surface area contributed by atoms with Crippen molar-refractivity contribution in [2.24, 2.45) is 5.73 Å². The molecular formula is C16H19ClN4O2S. The summed E-state index contributed by atoms with van der Waals surface area (Å²) < 4.78 is 1.04. The summed E-state index contributed by atoms with van der Waals surface area (Å²) >= 11 is 7.79. The van der Waals surface area contributed by atoms with Crippen LogP contribution in [0.3, 0.4) is 0 Å². The number of rotatable bonds is 4. The van der Waals surface area contributed by atoms with Crippen LogP contribution in [-0.4, -0.2) is 42.5 Å². The molecule has 1 aromatic heterocycles. The Morgan fingerprint density at radius 1 is 1.29 bits per heavy atom. The van der Waals surface area contributed by atoms with Gasteiger partial charge in [0.15, 0.2) is 0 Å². The van der Waals surface area contributed by atoms with Gasteiger partial charge in [-0.2, -0.15) is 0 Å². The number of primary amides is 1. The summed E-state index contributed by atoms with van der Waals surface area (Å²) in [6.45, 7) is 1.77. The largest absolute Gasteiger partial charge is 0.369 e. The summed E-state index contributed by atoms with van der Waals surface area (Å²) in [5.74, 6) is -0.321. The first kappa shape index (κ1) is 17.0. The maximum atomic E-state index is 12.2. The fourth-order valence-electron chi connectivity index (χ4n) is 2.87. The first-order valence-corrected chi connectivity index (χ1v) is 8.97. The van der Waals surface area contributed by atoms with E-state index in [2.05, 4.69) is 10.6 Å². The van der Waals surface area contributed by atoms with Gasteiger partial charge in [-0.05, 0) is 18.9 Å². The molecule has 24 heavy (non-hydrogen) atoms. The number of nitrogens with zero attached hydrogens (tertiary/aromatic N) is 1. The van der Waals surface area contributed by atoms with E-state index in [1.807, 2.05) is 29.2 Å². The van der Waals surface area contributed by atoms with Crippen LogP contribution in [0.5, 0.6) is 0 Å². The van der Waals surface area contributed by atoms with E-state index in [0.717, 1.165) is 36.0 Å². The van der Waals surface area contributed by atoms with Gasteiger partial charge in [0.05, 0.1) is 11.6 Å². The van der Waals surface area contributed by atoms with E-state index in [-0.39, 0.29) is 24.5 Å². The van der Waals surface area contributed by atoms with Gasteiger partial charge in [0.2, 0.25) is 5.91 Å². The minimum atomic E-state index is -0.321. The maximum Gasteiger partial charge on any atom is 0.320 e. The molecule has 1 fully saturated rings. The summed E-state index contributed by atoms with van der Waals surface area (Å²) in [5.41, 5.74) is 5.20. The topological polar surface area (TPSA) is 87.5 Å². The Morgan fingerprint density at radius 2 is 2.00 bits per heavy atom. The van der Waals surface area contributed by atoms with Crippen molar-refractivity contribution in [1.29, 1.82) is 0 Å². The highest BCUT2D eigenvalue weighted by molar-refractivity contribution is 7.23. The summed E-state index contributed by atoms with van der Waals surface area (Å²) in [6.07, 6.45) is 1.59. The molecule has 3 amide bonds. The van der Waals surface area contributed by atoms with Crippen LogP contribution < -0.4 is 16.4 Å². The number of hydrogen-bond donors (Lipinski definition) is 3. The number of urea groups is 1. The van der Waals surface area contributed by atoms with E-state index >= 15 is 0 Å². The molecule has 3 rings (SSSR count). The Balaban J connectivity index is 1.54. The zero-order chi connectivity index (χ0) is 17.1. The summed E-state index contributed by atoms with van der Waals surface area (Å²) in [4.78, 5) is 25.1. The standard InChI is InChI=1S/C16H19ClN4O2S/c17-14-11-3-1-2-4-12(11)24-15(14)20-16(23)19-10-5-7-21(8-6-10)9-13(18)22/h1-4,10H,5-9H2,(H2,18,22)(H2,19,20,23). The second-order valence-corrected chi connectivity index (χ2v) is 7.29. The van der Waals surface area contributed by atoms with Crippen LogP contribution in [0.4, 0.5) is 9.80 Å². The van der Waals surface area contributed by atoms with E-state index in [9.17, 15) is 9.59 Å². The highest BCUT2D eigenvalue weighted by Crippen LogP contribution is 2.39. The Kier molecular flexibility index (Phi) is 5.23. The molecule has 0 unspecified atom stereocenters. The van der Waals surface area contributed by atoms with Crippen molar-refractivity contribution in [3.8, 4) is 0 Å². The predicted octanol–water partition coefficient (Wildman–Crippen LogP) is 2.63. The fourth-order valence-corrected chi connectivity index (χ4v) is 4.25. The molecule has 0 saturated carbocycles. The molecule has 0 aliphatic carbocycles. The average Bonchev–Trinajstić information content (AvgIpc) is 2.85. The molecule has 2 aromatic rings. The van der Waals surface area contributed by atoms with Crippen molar-refractivity contribution in [2.45, 2.75) is 18.9 Å². The first-order valence-electron chi connectivity index (χ1n) is 7.78. The quantitative estimate of drug-likeness (QED) is 0.777. The van der Waals surface area contributed by atoms with Gasteiger partial charge in [0, 0.05) is 29.2 Å². The molecule has 4 N–H and O–H groups in total. The third kappa shape index (κ3) is 3.98. The van der Waals surface area contributed by atoms with Crippen LogP contribution in [0, 0.1) is 0 Å². The van der Waals surface area contributed by atoms with Crippen LogP contribution in [-0.2, 0) is 4.79 Å². The predicted molar refractivity (Wildman–Crippen MR) is 97.6 cm³/mol. The molecule has 8 heteroatoms. The van der Waals surface area contributed by atoms with E-state index < -0.39 is 0 Å². The molecule has 128 valence electrons. The molecule has 2 heterocycles. The van der Waals surface area contributed by atoms with Crippen LogP contribution in [0.1, 0.15) is 12.8 Å². The van der Waals surface area contributed by atoms with E-state index in [0.29, 0.717) is 10.0 Å². The minimum Gasteiger partial charge on any atom is -0.369 e. The molecule has 1 aromatic carbocycles. The second-order valence-electron chi connectivity index (χ2n) is 5.86. The lowest BCUT2D eigenvalue weighted by Gasteiger charge is -2.31. The number of nitrogens with two attached hydrogens (primary N) is 1. The van der Waals surface area contributed by atoms with Crippen LogP contribution in [0.25, 0.3) is 10.1 Å². The van der Waals surface area contributed by atoms with Gasteiger partial charge >= 0.3 is 6.03 Å². The van der Waals surface area contributed by atoms with Gasteiger partial charge in [0.1, 0.15) is 5.00 Å². The van der Waals surface area contributed by atoms with Gasteiger partial charge in [-0.15, -0.1) is 11.3 Å². The molecule has 0 atom stereocenters. The maximum absolute atomic E-state index is 12.2. The van der Waals surface area contributed by atoms with Crippen molar-refractivity contribution in [3.05, 3.63) is 29.3 Å². The zero-order valence-corrected chi connectivity index (χ0v) is 14.6. The number of amides is 3. The summed E-state index contributed by atoms with van der Waals surface area (Å²) in [7, 11) is 0. The lowest BCUT2D eigenvalue weighted by atomic mass is 10.1. The third-order valence-corrected chi connectivity index (χ3v) is 5.66. The number of halogens is 1. The highest BCUT2D eigenvalue weighted by atomic mass is 35.5. The number of carbonyl (C=O) groups excluding carboxylic acids is 2. The monoisotopic (exact) mass is 366 g/mol. The van der Waals surface area contributed by atoms with Gasteiger partial charge in [0.25, 0.3) is 0 Å². The van der Waals surface area contributed by atoms with Crippen molar-refractivity contribution in [3.63, 3.8) is 0 Å². The van der Waals surface area contributed by atoms with Gasteiger partial charge in [-0.3, -0.25) is 15.0 Å². The number of hydrogen-bond acceptors (Lipinski definition) is 4. The van der Waals surface area contributed by atoms with Crippen molar-refractivity contribution in [1.82, 2.24) is 10.2 Å². The molecule has 1 saturated heterocycles. The molecular weight excluding hydrogens is 348 g/mol. The lowest BCUT2D eigenvalue weighted by Crippen LogP contribution is -2.47. The number of nitrogens with one attached hydrogen (secondary N) is 2. The summed E-state index contributed by atoms with van der Waals surface area (Å²) in [5, 5.41) is 7.98. The number of carbonyl (C=O) groups is 2. The molecule has 1 aliphatic rings. The van der Waals surface area contributed by atoms with Crippen molar-refractivity contribution >= 4 is 50.0 Å². The fraction of sp³-hybridized carbons (Fsp3) is 0.375. The average molecular weight is 367 g/mol. The van der Waals surface area contributed by atoms with Gasteiger partial charge in [-0.25, -0.2) is 4.79 Å². The second kappa shape index (κ2) is 7.38. The minimum absolute atomic E-state index is 0.0854. The van der Waals surface area contributed by atoms with E-state index in [4.69, 9.17) is 17.3 Å². The number of thiophene rings is 1. The van der Waals surface area contributed by atoms with Crippen LogP contribution >= 0.6 is 22.9 Å². The normalized spacial score (nSPS) is 16.2. The third-order valence-electron chi connectivity index (χ3n) is 4.06. The van der Waals surface area contributed by atoms with E-state index in [1.165, 1.54) is 11.3 Å². The molecule has 1 aliphatic heterocycles. The highest BCUT2D eigenvalue weighted by Gasteiger charge is 2.22. The molecule has 0 bridgehead atoms. The first-order chi connectivity index (χ1) is 11.5. The van der Waals surface area contributed by atoms with Crippen molar-refractivity contribution < 1.29 is 9.59 Å². The van der Waals surface area contributed by atoms with Crippen LogP contribution in [0.2, 0.25) is 5.02 Å². The Hall–Kier alpha value is -1.83. The van der Waals surface area contributed by atoms with Crippen LogP contribution in [0.15, 0.2) is 24.3 Å². The Labute approximate surface area is 148 Å². The molecule has 0 radical (unpaired) electrons.